The highest BCUT2D eigenvalue weighted by Crippen LogP contribution is 2.43. The van der Waals surface area contributed by atoms with Crippen molar-refractivity contribution in [3.05, 3.63) is 28.7 Å². The molecule has 1 saturated heterocycles. The Morgan fingerprint density at radius 1 is 1.35 bits per heavy atom. The van der Waals surface area contributed by atoms with Crippen LogP contribution in [0.25, 0.3) is 0 Å². The molecule has 1 aromatic carbocycles. The molecule has 5 heteroatoms. The summed E-state index contributed by atoms with van der Waals surface area (Å²) in [5.41, 5.74) is 7.07. The van der Waals surface area contributed by atoms with Gasteiger partial charge in [-0.25, -0.2) is 0 Å². The van der Waals surface area contributed by atoms with Gasteiger partial charge in [0.1, 0.15) is 0 Å². The topological polar surface area (TPSA) is 50.9 Å². The fourth-order valence-corrected chi connectivity index (χ4v) is 3.86. The molecule has 3 rings (SSSR count). The van der Waals surface area contributed by atoms with Crippen LogP contribution in [0.15, 0.2) is 33.7 Å². The van der Waals surface area contributed by atoms with Gasteiger partial charge in [0.2, 0.25) is 0 Å². The van der Waals surface area contributed by atoms with Crippen LogP contribution >= 0.6 is 15.9 Å². The molecule has 0 amide bonds. The molecular weight excluding hydrogens is 318 g/mol. The van der Waals surface area contributed by atoms with Crippen LogP contribution in [-0.2, 0) is 4.74 Å². The van der Waals surface area contributed by atoms with E-state index >= 15 is 0 Å². The van der Waals surface area contributed by atoms with Crippen LogP contribution in [0.1, 0.15) is 26.7 Å². The van der Waals surface area contributed by atoms with Crippen LogP contribution in [0.3, 0.4) is 0 Å². The van der Waals surface area contributed by atoms with E-state index in [1.165, 1.54) is 0 Å². The lowest BCUT2D eigenvalue weighted by atomic mass is 9.80. The van der Waals surface area contributed by atoms with Gasteiger partial charge < -0.3 is 15.4 Å². The van der Waals surface area contributed by atoms with E-state index in [9.17, 15) is 0 Å². The molecule has 2 aliphatic rings. The fraction of sp³-hybridized carbons (Fsp3) is 0.533. The van der Waals surface area contributed by atoms with Gasteiger partial charge in [-0.05, 0) is 48.3 Å². The van der Waals surface area contributed by atoms with Crippen LogP contribution in [0.4, 0.5) is 5.69 Å². The number of guanidine groups is 1. The van der Waals surface area contributed by atoms with E-state index in [4.69, 9.17) is 10.5 Å². The monoisotopic (exact) mass is 337 g/mol. The minimum atomic E-state index is -0.141. The Morgan fingerprint density at radius 3 is 2.80 bits per heavy atom. The van der Waals surface area contributed by atoms with Crippen molar-refractivity contribution in [1.82, 2.24) is 0 Å². The summed E-state index contributed by atoms with van der Waals surface area (Å²) in [6.07, 6.45) is 1.87. The molecule has 1 spiro atoms. The average molecular weight is 338 g/mol. The zero-order chi connectivity index (χ0) is 14.4. The van der Waals surface area contributed by atoms with Gasteiger partial charge >= 0.3 is 0 Å². The predicted molar refractivity (Wildman–Crippen MR) is 85.1 cm³/mol. The Morgan fingerprint density at radius 2 is 2.10 bits per heavy atom. The van der Waals surface area contributed by atoms with E-state index in [0.29, 0.717) is 5.96 Å². The number of nitrogens with zero attached hydrogens (tertiary/aromatic N) is 2. The maximum atomic E-state index is 6.19. The zero-order valence-electron chi connectivity index (χ0n) is 11.9. The molecule has 0 bridgehead atoms. The largest absolute Gasteiger partial charge is 0.375 e. The molecule has 2 N–H and O–H groups in total. The van der Waals surface area contributed by atoms with E-state index in [-0.39, 0.29) is 11.1 Å². The molecule has 108 valence electrons. The summed E-state index contributed by atoms with van der Waals surface area (Å²) < 4.78 is 6.92. The molecule has 1 atom stereocenters. The van der Waals surface area contributed by atoms with Gasteiger partial charge in [-0.2, -0.15) is 0 Å². The molecule has 1 aromatic rings. The quantitative estimate of drug-likeness (QED) is 0.857. The Bertz CT molecular complexity index is 558. The van der Waals surface area contributed by atoms with Crippen molar-refractivity contribution in [2.75, 3.05) is 18.1 Å². The lowest BCUT2D eigenvalue weighted by molar-refractivity contribution is -0.0758. The summed E-state index contributed by atoms with van der Waals surface area (Å²) in [6.45, 7) is 5.77. The normalized spacial score (nSPS) is 28.8. The third-order valence-electron chi connectivity index (χ3n) is 4.15. The second-order valence-electron chi connectivity index (χ2n) is 6.22. The predicted octanol–water partition coefficient (Wildman–Crippen LogP) is 2.91. The molecule has 1 fully saturated rings. The van der Waals surface area contributed by atoms with Crippen LogP contribution < -0.4 is 10.6 Å². The van der Waals surface area contributed by atoms with Crippen molar-refractivity contribution in [1.29, 1.82) is 0 Å². The van der Waals surface area contributed by atoms with Crippen molar-refractivity contribution in [3.63, 3.8) is 0 Å². The second kappa shape index (κ2) is 4.74. The Labute approximate surface area is 128 Å². The number of benzene rings is 1. The Balaban J connectivity index is 2.03. The van der Waals surface area contributed by atoms with Crippen LogP contribution in [0.5, 0.6) is 0 Å². The van der Waals surface area contributed by atoms with Crippen molar-refractivity contribution in [3.8, 4) is 0 Å². The molecule has 0 aromatic heterocycles. The number of ether oxygens (including phenoxy) is 1. The van der Waals surface area contributed by atoms with E-state index < -0.39 is 0 Å². The molecule has 0 saturated carbocycles. The third-order valence-corrected chi connectivity index (χ3v) is 4.82. The van der Waals surface area contributed by atoms with Gasteiger partial charge in [0.15, 0.2) is 5.96 Å². The van der Waals surface area contributed by atoms with Gasteiger partial charge in [0.05, 0.1) is 23.4 Å². The molecule has 0 aliphatic carbocycles. The average Bonchev–Trinajstić information content (AvgIpc) is 2.66. The second-order valence-corrected chi connectivity index (χ2v) is 7.07. The first-order chi connectivity index (χ1) is 9.44. The SMILES string of the molecule is CC1(C)CC2(CCO1)CN=C(N)N2c1ccccc1Br. The number of halogens is 1. The van der Waals surface area contributed by atoms with Gasteiger partial charge in [-0.3, -0.25) is 4.99 Å². The van der Waals surface area contributed by atoms with E-state index in [2.05, 4.69) is 45.7 Å². The van der Waals surface area contributed by atoms with Crippen LogP contribution in [0.2, 0.25) is 0 Å². The zero-order valence-corrected chi connectivity index (χ0v) is 13.5. The van der Waals surface area contributed by atoms with Crippen molar-refractivity contribution in [2.45, 2.75) is 37.8 Å². The highest BCUT2D eigenvalue weighted by Gasteiger charge is 2.49. The molecule has 1 unspecified atom stereocenters. The molecule has 2 aliphatic heterocycles. The smallest absolute Gasteiger partial charge is 0.196 e. The Hall–Kier alpha value is -1.07. The summed E-state index contributed by atoms with van der Waals surface area (Å²) in [6, 6.07) is 8.17. The van der Waals surface area contributed by atoms with E-state index in [1.807, 2.05) is 18.2 Å². The summed E-state index contributed by atoms with van der Waals surface area (Å²) >= 11 is 3.63. The summed E-state index contributed by atoms with van der Waals surface area (Å²) in [7, 11) is 0. The number of hydrogen-bond donors (Lipinski definition) is 1. The number of para-hydroxylation sites is 1. The number of hydrogen-bond acceptors (Lipinski definition) is 4. The fourth-order valence-electron chi connectivity index (χ4n) is 3.40. The lowest BCUT2D eigenvalue weighted by Crippen LogP contribution is -2.58. The number of rotatable bonds is 1. The number of anilines is 1. The lowest BCUT2D eigenvalue weighted by Gasteiger charge is -2.47. The van der Waals surface area contributed by atoms with E-state index in [0.717, 1.165) is 36.2 Å². The summed E-state index contributed by atoms with van der Waals surface area (Å²) in [5, 5.41) is 0. The first-order valence-electron chi connectivity index (χ1n) is 6.92. The maximum Gasteiger partial charge on any atom is 0.196 e. The molecular formula is C15H20BrN3O. The first-order valence-corrected chi connectivity index (χ1v) is 7.72. The van der Waals surface area contributed by atoms with Crippen molar-refractivity contribution < 1.29 is 4.74 Å². The number of aliphatic imine (C=N–C) groups is 1. The molecule has 20 heavy (non-hydrogen) atoms. The van der Waals surface area contributed by atoms with Crippen LogP contribution in [0, 0.1) is 0 Å². The Kier molecular flexibility index (Phi) is 3.29. The van der Waals surface area contributed by atoms with Crippen molar-refractivity contribution >= 4 is 27.6 Å². The molecule has 2 heterocycles. The number of nitrogens with two attached hydrogens (primary N) is 1. The minimum Gasteiger partial charge on any atom is -0.375 e. The van der Waals surface area contributed by atoms with Crippen molar-refractivity contribution in [2.24, 2.45) is 10.7 Å². The molecule has 0 radical (unpaired) electrons. The van der Waals surface area contributed by atoms with Gasteiger partial charge in [0, 0.05) is 17.5 Å². The van der Waals surface area contributed by atoms with Crippen LogP contribution in [-0.4, -0.2) is 30.3 Å². The van der Waals surface area contributed by atoms with Gasteiger partial charge in [-0.1, -0.05) is 12.1 Å². The van der Waals surface area contributed by atoms with Gasteiger partial charge in [0.25, 0.3) is 0 Å². The minimum absolute atomic E-state index is 0.0598. The highest BCUT2D eigenvalue weighted by atomic mass is 79.9. The first kappa shape index (κ1) is 13.9. The highest BCUT2D eigenvalue weighted by molar-refractivity contribution is 9.10. The maximum absolute atomic E-state index is 6.19. The van der Waals surface area contributed by atoms with E-state index in [1.54, 1.807) is 0 Å². The molecule has 4 nitrogen and oxygen atoms in total. The standard InChI is InChI=1S/C15H20BrN3O/c1-14(2)9-15(7-8-20-14)10-18-13(17)19(15)12-6-4-3-5-11(12)16/h3-6H,7-10H2,1-2H3,(H2,17,18). The summed E-state index contributed by atoms with van der Waals surface area (Å²) in [5.74, 6) is 0.606. The third kappa shape index (κ3) is 2.23. The summed E-state index contributed by atoms with van der Waals surface area (Å²) in [4.78, 5) is 6.72. The van der Waals surface area contributed by atoms with Gasteiger partial charge in [-0.15, -0.1) is 0 Å².